The second kappa shape index (κ2) is 3.00. The number of halogens is 1. The van der Waals surface area contributed by atoms with E-state index in [1.54, 1.807) is 12.3 Å². The second-order valence-electron chi connectivity index (χ2n) is 2.89. The zero-order valence-electron chi connectivity index (χ0n) is 7.08. The maximum absolute atomic E-state index is 9.62. The molecule has 0 bridgehead atoms. The fourth-order valence-corrected chi connectivity index (χ4v) is 1.88. The van der Waals surface area contributed by atoms with E-state index in [0.717, 1.165) is 20.9 Å². The zero-order chi connectivity index (χ0) is 9.42. The molecule has 0 unspecified atom stereocenters. The van der Waals surface area contributed by atoms with Gasteiger partial charge in [-0.05, 0) is 25.1 Å². The third kappa shape index (κ3) is 1.29. The number of phenolic OH excluding ortho intramolecular Hbond substituents is 1. The molecule has 1 aromatic carbocycles. The lowest BCUT2D eigenvalue weighted by Gasteiger charge is -2.04. The van der Waals surface area contributed by atoms with E-state index in [2.05, 4.69) is 20.9 Å². The standard InChI is InChI=1S/C10H8BrNO/c1-6-10-7(4-5-12-6)8(11)2-3-9(10)13/h2-5,13H,1H3. The molecule has 0 saturated carbocycles. The van der Waals surface area contributed by atoms with Gasteiger partial charge in [-0.1, -0.05) is 15.9 Å². The molecule has 13 heavy (non-hydrogen) atoms. The van der Waals surface area contributed by atoms with Gasteiger partial charge in [0.2, 0.25) is 0 Å². The predicted molar refractivity (Wildman–Crippen MR) is 55.8 cm³/mol. The van der Waals surface area contributed by atoms with Gasteiger partial charge in [0, 0.05) is 27.1 Å². The van der Waals surface area contributed by atoms with Crippen molar-refractivity contribution in [1.29, 1.82) is 0 Å². The summed E-state index contributed by atoms with van der Waals surface area (Å²) in [4.78, 5) is 4.13. The Kier molecular flexibility index (Phi) is 1.96. The number of benzene rings is 1. The van der Waals surface area contributed by atoms with Crippen LogP contribution < -0.4 is 0 Å². The van der Waals surface area contributed by atoms with Crippen LogP contribution in [0.3, 0.4) is 0 Å². The Bertz CT molecular complexity index is 459. The summed E-state index contributed by atoms with van der Waals surface area (Å²) in [5.74, 6) is 0.281. The van der Waals surface area contributed by atoms with Gasteiger partial charge >= 0.3 is 0 Å². The molecule has 0 saturated heterocycles. The first-order valence-electron chi connectivity index (χ1n) is 3.93. The molecule has 0 fully saturated rings. The minimum Gasteiger partial charge on any atom is -0.507 e. The Morgan fingerprint density at radius 1 is 1.31 bits per heavy atom. The van der Waals surface area contributed by atoms with Crippen molar-refractivity contribution in [2.45, 2.75) is 6.92 Å². The lowest BCUT2D eigenvalue weighted by molar-refractivity contribution is 0.481. The van der Waals surface area contributed by atoms with Crippen LogP contribution in [0.25, 0.3) is 10.8 Å². The first-order valence-corrected chi connectivity index (χ1v) is 4.72. The molecule has 0 aliphatic rings. The van der Waals surface area contributed by atoms with Crippen LogP contribution in [0.2, 0.25) is 0 Å². The average molecular weight is 238 g/mol. The van der Waals surface area contributed by atoms with E-state index in [1.165, 1.54) is 0 Å². The molecule has 0 aliphatic heterocycles. The molecule has 3 heteroatoms. The molecular weight excluding hydrogens is 230 g/mol. The van der Waals surface area contributed by atoms with Gasteiger partial charge in [-0.3, -0.25) is 4.98 Å². The first kappa shape index (κ1) is 8.51. The van der Waals surface area contributed by atoms with Crippen LogP contribution in [-0.2, 0) is 0 Å². The number of nitrogens with zero attached hydrogens (tertiary/aromatic N) is 1. The number of aromatic hydroxyl groups is 1. The van der Waals surface area contributed by atoms with Gasteiger partial charge in [0.25, 0.3) is 0 Å². The lowest BCUT2D eigenvalue weighted by atomic mass is 10.1. The molecule has 66 valence electrons. The summed E-state index contributed by atoms with van der Waals surface area (Å²) in [6.45, 7) is 1.88. The maximum Gasteiger partial charge on any atom is 0.125 e. The minimum atomic E-state index is 0.281. The largest absolute Gasteiger partial charge is 0.507 e. The highest BCUT2D eigenvalue weighted by atomic mass is 79.9. The van der Waals surface area contributed by atoms with Gasteiger partial charge in [-0.2, -0.15) is 0 Å². The van der Waals surface area contributed by atoms with Crippen LogP contribution in [0.5, 0.6) is 5.75 Å². The van der Waals surface area contributed by atoms with Crippen molar-refractivity contribution in [2.24, 2.45) is 0 Å². The van der Waals surface area contributed by atoms with Gasteiger partial charge in [-0.25, -0.2) is 0 Å². The fraction of sp³-hybridized carbons (Fsp3) is 0.100. The van der Waals surface area contributed by atoms with Crippen molar-refractivity contribution in [2.75, 3.05) is 0 Å². The molecule has 0 atom stereocenters. The smallest absolute Gasteiger partial charge is 0.125 e. The molecule has 2 rings (SSSR count). The van der Waals surface area contributed by atoms with Crippen molar-refractivity contribution in [3.8, 4) is 5.75 Å². The molecule has 1 aromatic heterocycles. The number of pyridine rings is 1. The van der Waals surface area contributed by atoms with Crippen molar-refractivity contribution in [1.82, 2.24) is 4.98 Å². The molecular formula is C10H8BrNO. The number of hydrogen-bond acceptors (Lipinski definition) is 2. The zero-order valence-corrected chi connectivity index (χ0v) is 8.67. The van der Waals surface area contributed by atoms with Gasteiger partial charge in [0.1, 0.15) is 5.75 Å². The molecule has 2 aromatic rings. The summed E-state index contributed by atoms with van der Waals surface area (Å²) in [7, 11) is 0. The minimum absolute atomic E-state index is 0.281. The summed E-state index contributed by atoms with van der Waals surface area (Å²) in [6.07, 6.45) is 1.74. The number of rotatable bonds is 0. The Hall–Kier alpha value is -1.09. The summed E-state index contributed by atoms with van der Waals surface area (Å²) in [5.41, 5.74) is 0.844. The predicted octanol–water partition coefficient (Wildman–Crippen LogP) is 3.01. The van der Waals surface area contributed by atoms with E-state index in [-0.39, 0.29) is 5.75 Å². The summed E-state index contributed by atoms with van der Waals surface area (Å²) < 4.78 is 0.978. The number of phenols is 1. The quantitative estimate of drug-likeness (QED) is 0.765. The number of fused-ring (bicyclic) bond motifs is 1. The van der Waals surface area contributed by atoms with Crippen LogP contribution in [0.4, 0.5) is 0 Å². The third-order valence-electron chi connectivity index (χ3n) is 2.04. The van der Waals surface area contributed by atoms with E-state index in [1.807, 2.05) is 19.1 Å². The monoisotopic (exact) mass is 237 g/mol. The molecule has 0 spiro atoms. The van der Waals surface area contributed by atoms with Crippen molar-refractivity contribution in [3.05, 3.63) is 34.6 Å². The number of aryl methyl sites for hydroxylation is 1. The van der Waals surface area contributed by atoms with E-state index < -0.39 is 0 Å². The van der Waals surface area contributed by atoms with Crippen molar-refractivity contribution < 1.29 is 5.11 Å². The molecule has 2 nitrogen and oxygen atoms in total. The molecule has 1 N–H and O–H groups in total. The van der Waals surface area contributed by atoms with Crippen LogP contribution in [0.15, 0.2) is 28.9 Å². The van der Waals surface area contributed by atoms with E-state index in [9.17, 15) is 5.11 Å². The third-order valence-corrected chi connectivity index (χ3v) is 2.73. The summed E-state index contributed by atoms with van der Waals surface area (Å²) >= 11 is 3.43. The van der Waals surface area contributed by atoms with Gasteiger partial charge < -0.3 is 5.11 Å². The Balaban J connectivity index is 3.00. The van der Waals surface area contributed by atoms with Gasteiger partial charge in [0.15, 0.2) is 0 Å². The van der Waals surface area contributed by atoms with E-state index in [0.29, 0.717) is 0 Å². The van der Waals surface area contributed by atoms with Crippen LogP contribution in [-0.4, -0.2) is 10.1 Å². The van der Waals surface area contributed by atoms with E-state index in [4.69, 9.17) is 0 Å². The highest BCUT2D eigenvalue weighted by Crippen LogP contribution is 2.31. The van der Waals surface area contributed by atoms with Crippen LogP contribution in [0, 0.1) is 6.92 Å². The normalized spacial score (nSPS) is 10.6. The fourth-order valence-electron chi connectivity index (χ4n) is 1.41. The number of hydrogen-bond donors (Lipinski definition) is 1. The summed E-state index contributed by atoms with van der Waals surface area (Å²) in [5, 5.41) is 11.4. The van der Waals surface area contributed by atoms with Crippen molar-refractivity contribution >= 4 is 26.7 Å². The van der Waals surface area contributed by atoms with Crippen LogP contribution >= 0.6 is 15.9 Å². The Labute approximate surface area is 84.4 Å². The van der Waals surface area contributed by atoms with Crippen molar-refractivity contribution in [3.63, 3.8) is 0 Å². The Morgan fingerprint density at radius 2 is 2.08 bits per heavy atom. The number of aromatic nitrogens is 1. The van der Waals surface area contributed by atoms with Gasteiger partial charge in [-0.15, -0.1) is 0 Å². The average Bonchev–Trinajstić information content (AvgIpc) is 2.12. The Morgan fingerprint density at radius 3 is 2.77 bits per heavy atom. The SMILES string of the molecule is Cc1nccc2c(Br)ccc(O)c12. The van der Waals surface area contributed by atoms with Crippen LogP contribution in [0.1, 0.15) is 5.69 Å². The lowest BCUT2D eigenvalue weighted by Crippen LogP contribution is -1.84. The molecule has 0 aliphatic carbocycles. The second-order valence-corrected chi connectivity index (χ2v) is 3.74. The molecule has 1 heterocycles. The first-order chi connectivity index (χ1) is 6.20. The maximum atomic E-state index is 9.62. The summed E-state index contributed by atoms with van der Waals surface area (Å²) in [6, 6.07) is 5.38. The highest BCUT2D eigenvalue weighted by Gasteiger charge is 2.05. The molecule has 0 radical (unpaired) electrons. The topological polar surface area (TPSA) is 33.1 Å². The highest BCUT2D eigenvalue weighted by molar-refractivity contribution is 9.10. The van der Waals surface area contributed by atoms with Gasteiger partial charge in [0.05, 0.1) is 0 Å². The van der Waals surface area contributed by atoms with E-state index >= 15 is 0 Å². The molecule has 0 amide bonds.